The molecule has 0 spiro atoms. The van der Waals surface area contributed by atoms with Crippen molar-refractivity contribution in [3.63, 3.8) is 0 Å². The van der Waals surface area contributed by atoms with Gasteiger partial charge in [-0.2, -0.15) is 0 Å². The fourth-order valence-electron chi connectivity index (χ4n) is 1.90. The third kappa shape index (κ3) is 8.42. The molecule has 0 saturated carbocycles. The first-order valence-electron chi connectivity index (χ1n) is 7.85. The van der Waals surface area contributed by atoms with Crippen molar-refractivity contribution in [1.82, 2.24) is 16.0 Å². The zero-order valence-electron chi connectivity index (χ0n) is 15.1. The summed E-state index contributed by atoms with van der Waals surface area (Å²) in [5.41, 5.74) is 1.01. The topological polar surface area (TPSA) is 94.6 Å². The summed E-state index contributed by atoms with van der Waals surface area (Å²) in [6.45, 7) is 5.76. The monoisotopic (exact) mass is 343 g/mol. The van der Waals surface area contributed by atoms with E-state index < -0.39 is 0 Å². The Morgan fingerprint density at radius 1 is 1.16 bits per heavy atom. The molecule has 7 nitrogen and oxygen atoms in total. The SMILES string of the molecule is C#Cc1cccc(NC(=O)CNC(=NC)NCC(=O)NC(C)(C)C)c1. The average molecular weight is 343 g/mol. The van der Waals surface area contributed by atoms with E-state index in [2.05, 4.69) is 32.2 Å². The minimum atomic E-state index is -0.303. The van der Waals surface area contributed by atoms with Gasteiger partial charge in [0.2, 0.25) is 11.8 Å². The van der Waals surface area contributed by atoms with Crippen molar-refractivity contribution in [2.75, 3.05) is 25.5 Å². The maximum absolute atomic E-state index is 12.0. The van der Waals surface area contributed by atoms with E-state index in [4.69, 9.17) is 6.42 Å². The summed E-state index contributed by atoms with van der Waals surface area (Å²) < 4.78 is 0. The Morgan fingerprint density at radius 2 is 1.80 bits per heavy atom. The Labute approximate surface area is 148 Å². The number of nitrogens with one attached hydrogen (secondary N) is 4. The maximum Gasteiger partial charge on any atom is 0.243 e. The highest BCUT2D eigenvalue weighted by Crippen LogP contribution is 2.09. The standard InChI is InChI=1S/C18H25N5O2/c1-6-13-8-7-9-14(10-13)22-15(24)11-20-17(19-5)21-12-16(25)23-18(2,3)4/h1,7-10H,11-12H2,2-5H3,(H,22,24)(H,23,25)(H2,19,20,21). The summed E-state index contributed by atoms with van der Waals surface area (Å²) in [6, 6.07) is 7.01. The number of hydrogen-bond acceptors (Lipinski definition) is 3. The largest absolute Gasteiger partial charge is 0.350 e. The second kappa shape index (κ2) is 9.33. The number of carbonyl (C=O) groups excluding carboxylic acids is 2. The number of guanidine groups is 1. The lowest BCUT2D eigenvalue weighted by Crippen LogP contribution is -2.49. The van der Waals surface area contributed by atoms with Crippen molar-refractivity contribution in [2.45, 2.75) is 26.3 Å². The van der Waals surface area contributed by atoms with Gasteiger partial charge in [-0.15, -0.1) is 6.42 Å². The van der Waals surface area contributed by atoms with Gasteiger partial charge in [0.05, 0.1) is 13.1 Å². The van der Waals surface area contributed by atoms with Crippen LogP contribution in [0.25, 0.3) is 0 Å². The summed E-state index contributed by atoms with van der Waals surface area (Å²) in [4.78, 5) is 27.7. The quantitative estimate of drug-likeness (QED) is 0.359. The van der Waals surface area contributed by atoms with Gasteiger partial charge >= 0.3 is 0 Å². The molecule has 1 aromatic carbocycles. The summed E-state index contributed by atoms with van der Waals surface area (Å²) in [6.07, 6.45) is 5.33. The van der Waals surface area contributed by atoms with Crippen LogP contribution in [0.5, 0.6) is 0 Å². The molecule has 2 amide bonds. The number of benzene rings is 1. The van der Waals surface area contributed by atoms with Crippen molar-refractivity contribution in [3.05, 3.63) is 29.8 Å². The molecule has 0 saturated heterocycles. The van der Waals surface area contributed by atoms with Crippen LogP contribution in [0.3, 0.4) is 0 Å². The van der Waals surface area contributed by atoms with Gasteiger partial charge in [-0.1, -0.05) is 12.0 Å². The lowest BCUT2D eigenvalue weighted by molar-refractivity contribution is -0.121. The Bertz CT molecular complexity index is 683. The first kappa shape index (κ1) is 20.0. The lowest BCUT2D eigenvalue weighted by Gasteiger charge is -2.21. The Balaban J connectivity index is 2.42. The summed E-state index contributed by atoms with van der Waals surface area (Å²) in [5, 5.41) is 11.3. The molecule has 0 aromatic heterocycles. The lowest BCUT2D eigenvalue weighted by atomic mass is 10.1. The first-order chi connectivity index (χ1) is 11.7. The Morgan fingerprint density at radius 3 is 2.36 bits per heavy atom. The number of rotatable bonds is 5. The van der Waals surface area contributed by atoms with Crippen LogP contribution >= 0.6 is 0 Å². The minimum absolute atomic E-state index is 0.000838. The highest BCUT2D eigenvalue weighted by molar-refractivity contribution is 5.95. The number of anilines is 1. The van der Waals surface area contributed by atoms with Crippen molar-refractivity contribution < 1.29 is 9.59 Å². The number of carbonyl (C=O) groups is 2. The fourth-order valence-corrected chi connectivity index (χ4v) is 1.90. The van der Waals surface area contributed by atoms with E-state index in [0.717, 1.165) is 0 Å². The molecule has 7 heteroatoms. The molecule has 0 aliphatic rings. The summed E-state index contributed by atoms with van der Waals surface area (Å²) in [7, 11) is 1.56. The Kier molecular flexibility index (Phi) is 7.47. The summed E-state index contributed by atoms with van der Waals surface area (Å²) >= 11 is 0. The fraction of sp³-hybridized carbons (Fsp3) is 0.389. The van der Waals surface area contributed by atoms with Crippen molar-refractivity contribution in [2.24, 2.45) is 4.99 Å². The smallest absolute Gasteiger partial charge is 0.243 e. The van der Waals surface area contributed by atoms with E-state index in [0.29, 0.717) is 17.2 Å². The molecule has 1 aromatic rings. The molecule has 0 heterocycles. The van der Waals surface area contributed by atoms with Gasteiger partial charge in [0, 0.05) is 23.8 Å². The molecule has 4 N–H and O–H groups in total. The highest BCUT2D eigenvalue weighted by Gasteiger charge is 2.13. The molecule has 134 valence electrons. The second-order valence-corrected chi connectivity index (χ2v) is 6.35. The molecule has 0 fully saturated rings. The third-order valence-electron chi connectivity index (χ3n) is 2.88. The first-order valence-corrected chi connectivity index (χ1v) is 7.85. The van der Waals surface area contributed by atoms with E-state index in [1.54, 1.807) is 31.3 Å². The number of aliphatic imine (C=N–C) groups is 1. The molecule has 0 radical (unpaired) electrons. The molecular weight excluding hydrogens is 318 g/mol. The predicted molar refractivity (Wildman–Crippen MR) is 100 cm³/mol. The molecule has 25 heavy (non-hydrogen) atoms. The van der Waals surface area contributed by atoms with Crippen LogP contribution in [0.1, 0.15) is 26.3 Å². The van der Waals surface area contributed by atoms with Crippen LogP contribution in [0, 0.1) is 12.3 Å². The maximum atomic E-state index is 12.0. The number of nitrogens with zero attached hydrogens (tertiary/aromatic N) is 1. The minimum Gasteiger partial charge on any atom is -0.350 e. The third-order valence-corrected chi connectivity index (χ3v) is 2.88. The summed E-state index contributed by atoms with van der Waals surface area (Å²) in [5.74, 6) is 2.45. The van der Waals surface area contributed by atoms with Gasteiger partial charge in [0.1, 0.15) is 0 Å². The van der Waals surface area contributed by atoms with E-state index >= 15 is 0 Å². The van der Waals surface area contributed by atoms with E-state index in [9.17, 15) is 9.59 Å². The van der Waals surface area contributed by atoms with Crippen LogP contribution in [0.15, 0.2) is 29.3 Å². The predicted octanol–water partition coefficient (Wildman–Crippen LogP) is 0.686. The molecule has 0 bridgehead atoms. The van der Waals surface area contributed by atoms with E-state index in [1.807, 2.05) is 20.8 Å². The van der Waals surface area contributed by atoms with Crippen LogP contribution in [-0.4, -0.2) is 43.5 Å². The van der Waals surface area contributed by atoms with Gasteiger partial charge in [-0.3, -0.25) is 14.6 Å². The van der Waals surface area contributed by atoms with E-state index in [1.165, 1.54) is 0 Å². The van der Waals surface area contributed by atoms with Gasteiger partial charge < -0.3 is 21.3 Å². The van der Waals surface area contributed by atoms with Crippen LogP contribution in [0.4, 0.5) is 5.69 Å². The zero-order valence-corrected chi connectivity index (χ0v) is 15.1. The highest BCUT2D eigenvalue weighted by atomic mass is 16.2. The van der Waals surface area contributed by atoms with Crippen LogP contribution in [-0.2, 0) is 9.59 Å². The normalized spacial score (nSPS) is 11.2. The molecule has 1 rings (SSSR count). The van der Waals surface area contributed by atoms with Crippen LogP contribution in [0.2, 0.25) is 0 Å². The van der Waals surface area contributed by atoms with Gasteiger partial charge in [-0.25, -0.2) is 0 Å². The number of amides is 2. The molecule has 0 aliphatic carbocycles. The molecular formula is C18H25N5O2. The second-order valence-electron chi connectivity index (χ2n) is 6.35. The number of terminal acetylenes is 1. The number of hydrogen-bond donors (Lipinski definition) is 4. The van der Waals surface area contributed by atoms with Gasteiger partial charge in [0.25, 0.3) is 0 Å². The van der Waals surface area contributed by atoms with Crippen LogP contribution < -0.4 is 21.3 Å². The van der Waals surface area contributed by atoms with E-state index in [-0.39, 0.29) is 30.4 Å². The average Bonchev–Trinajstić information content (AvgIpc) is 2.53. The van der Waals surface area contributed by atoms with Gasteiger partial charge in [0.15, 0.2) is 5.96 Å². The zero-order chi connectivity index (χ0) is 18.9. The van der Waals surface area contributed by atoms with Crippen molar-refractivity contribution in [3.8, 4) is 12.3 Å². The molecule has 0 atom stereocenters. The molecule has 0 aliphatic heterocycles. The Hall–Kier alpha value is -3.01. The van der Waals surface area contributed by atoms with Crippen molar-refractivity contribution >= 4 is 23.5 Å². The molecule has 0 unspecified atom stereocenters. The van der Waals surface area contributed by atoms with Crippen molar-refractivity contribution in [1.29, 1.82) is 0 Å². The van der Waals surface area contributed by atoms with Gasteiger partial charge in [-0.05, 0) is 39.0 Å².